The van der Waals surface area contributed by atoms with Gasteiger partial charge in [-0.2, -0.15) is 0 Å². The van der Waals surface area contributed by atoms with Crippen LogP contribution < -0.4 is 10.9 Å². The van der Waals surface area contributed by atoms with Gasteiger partial charge in [-0.1, -0.05) is 0 Å². The summed E-state index contributed by atoms with van der Waals surface area (Å²) in [6.07, 6.45) is 0. The van der Waals surface area contributed by atoms with Crippen molar-refractivity contribution in [2.24, 2.45) is 0 Å². The summed E-state index contributed by atoms with van der Waals surface area (Å²) in [7, 11) is 0. The molecule has 0 amide bonds. The molecule has 0 aliphatic rings. The van der Waals surface area contributed by atoms with E-state index in [0.717, 1.165) is 17.8 Å². The van der Waals surface area contributed by atoms with Gasteiger partial charge in [0, 0.05) is 23.7 Å². The van der Waals surface area contributed by atoms with Crippen molar-refractivity contribution in [1.29, 1.82) is 0 Å². The molecule has 5 nitrogen and oxygen atoms in total. The molecule has 0 bridgehead atoms. The van der Waals surface area contributed by atoms with E-state index < -0.39 is 11.6 Å². The molecule has 0 saturated heterocycles. The minimum atomic E-state index is -0.678. The highest BCUT2D eigenvalue weighted by molar-refractivity contribution is 5.93. The van der Waals surface area contributed by atoms with E-state index >= 15 is 0 Å². The number of hydrogen-bond acceptors (Lipinski definition) is 5. The molecule has 20 heavy (non-hydrogen) atoms. The average Bonchev–Trinajstić information content (AvgIpc) is 2.40. The fourth-order valence-electron chi connectivity index (χ4n) is 2.01. The number of esters is 1. The third-order valence-corrected chi connectivity index (χ3v) is 2.94. The number of carbonyl (C=O) groups is 1. The lowest BCUT2D eigenvalue weighted by Gasteiger charge is -2.09. The monoisotopic (exact) mass is 275 g/mol. The first kappa shape index (κ1) is 14.1. The summed E-state index contributed by atoms with van der Waals surface area (Å²) in [5.74, 6) is -0.656. The quantitative estimate of drug-likeness (QED) is 0.686. The molecule has 0 aliphatic carbocycles. The molecule has 0 saturated carbocycles. The Morgan fingerprint density at radius 2 is 2.05 bits per heavy atom. The van der Waals surface area contributed by atoms with E-state index in [-0.39, 0.29) is 12.2 Å². The van der Waals surface area contributed by atoms with Gasteiger partial charge in [0.1, 0.15) is 11.1 Å². The molecule has 1 N–H and O–H groups in total. The number of fused-ring (bicyclic) bond motifs is 1. The van der Waals surface area contributed by atoms with Crippen LogP contribution in [0.15, 0.2) is 27.4 Å². The van der Waals surface area contributed by atoms with Gasteiger partial charge in [0.25, 0.3) is 0 Å². The molecule has 2 aromatic rings. The Labute approximate surface area is 116 Å². The van der Waals surface area contributed by atoms with Gasteiger partial charge >= 0.3 is 11.6 Å². The average molecular weight is 275 g/mol. The molecule has 0 radical (unpaired) electrons. The van der Waals surface area contributed by atoms with E-state index in [0.29, 0.717) is 11.0 Å². The van der Waals surface area contributed by atoms with E-state index in [2.05, 4.69) is 5.32 Å². The van der Waals surface area contributed by atoms with E-state index in [4.69, 9.17) is 9.15 Å². The predicted octanol–water partition coefficient (Wildman–Crippen LogP) is 2.71. The van der Waals surface area contributed by atoms with Gasteiger partial charge in [-0.15, -0.1) is 0 Å². The highest BCUT2D eigenvalue weighted by Crippen LogP contribution is 2.23. The smallest absolute Gasteiger partial charge is 0.351 e. The van der Waals surface area contributed by atoms with Gasteiger partial charge in [0.05, 0.1) is 6.61 Å². The number of benzene rings is 1. The van der Waals surface area contributed by atoms with Crippen LogP contribution >= 0.6 is 0 Å². The second-order valence-electron chi connectivity index (χ2n) is 4.40. The second-order valence-corrected chi connectivity index (χ2v) is 4.40. The Bertz CT molecular complexity index is 703. The Morgan fingerprint density at radius 3 is 2.70 bits per heavy atom. The van der Waals surface area contributed by atoms with Crippen LogP contribution in [0, 0.1) is 6.92 Å². The van der Waals surface area contributed by atoms with Crippen LogP contribution in [0.2, 0.25) is 0 Å². The first-order valence-corrected chi connectivity index (χ1v) is 6.56. The lowest BCUT2D eigenvalue weighted by molar-refractivity contribution is 0.0522. The van der Waals surface area contributed by atoms with Crippen LogP contribution in [0.5, 0.6) is 0 Å². The zero-order chi connectivity index (χ0) is 14.7. The molecule has 0 fully saturated rings. The zero-order valence-corrected chi connectivity index (χ0v) is 11.8. The van der Waals surface area contributed by atoms with Crippen LogP contribution in [-0.4, -0.2) is 19.1 Å². The topological polar surface area (TPSA) is 68.5 Å². The minimum Gasteiger partial charge on any atom is -0.462 e. The van der Waals surface area contributed by atoms with Crippen LogP contribution in [0.3, 0.4) is 0 Å². The molecule has 0 unspecified atom stereocenters. The summed E-state index contributed by atoms with van der Waals surface area (Å²) >= 11 is 0. The summed E-state index contributed by atoms with van der Waals surface area (Å²) in [5.41, 5.74) is 1.62. The molecule has 0 spiro atoms. The van der Waals surface area contributed by atoms with Crippen molar-refractivity contribution in [3.63, 3.8) is 0 Å². The summed E-state index contributed by atoms with van der Waals surface area (Å²) in [6.45, 7) is 6.62. The number of nitrogens with one attached hydrogen (secondary N) is 1. The third kappa shape index (κ3) is 2.66. The first-order valence-electron chi connectivity index (χ1n) is 6.56. The second kappa shape index (κ2) is 5.77. The van der Waals surface area contributed by atoms with Crippen molar-refractivity contribution in [3.05, 3.63) is 39.7 Å². The molecule has 5 heteroatoms. The summed E-state index contributed by atoms with van der Waals surface area (Å²) in [4.78, 5) is 23.5. The van der Waals surface area contributed by atoms with E-state index in [1.165, 1.54) is 6.07 Å². The van der Waals surface area contributed by atoms with Gasteiger partial charge in [-0.3, -0.25) is 0 Å². The van der Waals surface area contributed by atoms with Crippen LogP contribution in [-0.2, 0) is 4.74 Å². The molecular formula is C15H17NO4. The highest BCUT2D eigenvalue weighted by Gasteiger charge is 2.15. The third-order valence-electron chi connectivity index (χ3n) is 2.94. The maximum absolute atomic E-state index is 11.8. The molecule has 1 aromatic carbocycles. The van der Waals surface area contributed by atoms with Gasteiger partial charge < -0.3 is 14.5 Å². The largest absolute Gasteiger partial charge is 0.462 e. The van der Waals surface area contributed by atoms with Crippen molar-refractivity contribution in [2.45, 2.75) is 20.8 Å². The molecular weight excluding hydrogens is 258 g/mol. The van der Waals surface area contributed by atoms with Gasteiger partial charge in [0.2, 0.25) is 0 Å². The van der Waals surface area contributed by atoms with Crippen molar-refractivity contribution in [2.75, 3.05) is 18.5 Å². The van der Waals surface area contributed by atoms with Crippen LogP contribution in [0.4, 0.5) is 5.69 Å². The first-order chi connectivity index (χ1) is 9.56. The molecule has 2 rings (SSSR count). The van der Waals surface area contributed by atoms with Crippen LogP contribution in [0.1, 0.15) is 29.8 Å². The number of aryl methyl sites for hydroxylation is 1. The SMILES string of the molecule is CCNc1cc2oc(=O)c(C(=O)OCC)cc2cc1C. The van der Waals surface area contributed by atoms with Gasteiger partial charge in [-0.25, -0.2) is 9.59 Å². The maximum Gasteiger partial charge on any atom is 0.351 e. The van der Waals surface area contributed by atoms with Crippen molar-refractivity contribution >= 4 is 22.6 Å². The Kier molecular flexibility index (Phi) is 4.08. The normalized spacial score (nSPS) is 10.6. The minimum absolute atomic E-state index is 0.0741. The fourth-order valence-corrected chi connectivity index (χ4v) is 2.01. The number of hydrogen-bond donors (Lipinski definition) is 1. The van der Waals surface area contributed by atoms with E-state index in [1.807, 2.05) is 19.9 Å². The predicted molar refractivity (Wildman–Crippen MR) is 77.3 cm³/mol. The maximum atomic E-state index is 11.8. The number of ether oxygens (including phenoxy) is 1. The summed E-state index contributed by atoms with van der Waals surface area (Å²) < 4.78 is 10.0. The Hall–Kier alpha value is -2.30. The number of carbonyl (C=O) groups excluding carboxylic acids is 1. The lowest BCUT2D eigenvalue weighted by atomic mass is 10.1. The Morgan fingerprint density at radius 1 is 1.30 bits per heavy atom. The molecule has 106 valence electrons. The van der Waals surface area contributed by atoms with Crippen molar-refractivity contribution < 1.29 is 13.9 Å². The van der Waals surface area contributed by atoms with E-state index in [1.54, 1.807) is 13.0 Å². The fraction of sp³-hybridized carbons (Fsp3) is 0.333. The van der Waals surface area contributed by atoms with Gasteiger partial charge in [-0.05, 0) is 38.5 Å². The van der Waals surface area contributed by atoms with Crippen molar-refractivity contribution in [3.8, 4) is 0 Å². The van der Waals surface area contributed by atoms with Crippen LogP contribution in [0.25, 0.3) is 11.0 Å². The summed E-state index contributed by atoms with van der Waals surface area (Å²) in [5, 5.41) is 3.89. The van der Waals surface area contributed by atoms with E-state index in [9.17, 15) is 9.59 Å². The van der Waals surface area contributed by atoms with Gasteiger partial charge in [0.15, 0.2) is 0 Å². The lowest BCUT2D eigenvalue weighted by Crippen LogP contribution is -2.16. The molecule has 1 aromatic heterocycles. The zero-order valence-electron chi connectivity index (χ0n) is 11.8. The summed E-state index contributed by atoms with van der Waals surface area (Å²) in [6, 6.07) is 5.16. The van der Waals surface area contributed by atoms with Crippen molar-refractivity contribution in [1.82, 2.24) is 0 Å². The highest BCUT2D eigenvalue weighted by atomic mass is 16.5. The number of anilines is 1. The molecule has 0 aliphatic heterocycles. The Balaban J connectivity index is 2.57. The molecule has 1 heterocycles. The number of rotatable bonds is 4. The standard InChI is InChI=1S/C15H17NO4/c1-4-16-12-8-13-10(6-9(12)3)7-11(15(18)20-13)14(17)19-5-2/h6-8,16H,4-5H2,1-3H3. The molecule has 0 atom stereocenters.